The van der Waals surface area contributed by atoms with Crippen LogP contribution in [-0.4, -0.2) is 22.6 Å². The quantitative estimate of drug-likeness (QED) is 0.858. The summed E-state index contributed by atoms with van der Waals surface area (Å²) in [6, 6.07) is 3.86. The zero-order valence-corrected chi connectivity index (χ0v) is 9.80. The van der Waals surface area contributed by atoms with E-state index in [4.69, 9.17) is 10.5 Å². The highest BCUT2D eigenvalue weighted by molar-refractivity contribution is 5.55. The summed E-state index contributed by atoms with van der Waals surface area (Å²) < 4.78 is 7.62. The van der Waals surface area contributed by atoms with Crippen LogP contribution in [0, 0.1) is 5.92 Å². The molecule has 2 N–H and O–H groups in total. The molecular formula is C13H17N3O. The van der Waals surface area contributed by atoms with Crippen molar-refractivity contribution in [1.29, 1.82) is 0 Å². The van der Waals surface area contributed by atoms with E-state index < -0.39 is 0 Å². The van der Waals surface area contributed by atoms with E-state index in [-0.39, 0.29) is 0 Å². The van der Waals surface area contributed by atoms with Crippen LogP contribution < -0.4 is 5.73 Å². The van der Waals surface area contributed by atoms with Crippen LogP contribution in [0.5, 0.6) is 0 Å². The number of rotatable bonds is 2. The number of nitrogens with zero attached hydrogens (tertiary/aromatic N) is 2. The van der Waals surface area contributed by atoms with E-state index in [2.05, 4.69) is 9.38 Å². The molecule has 90 valence electrons. The summed E-state index contributed by atoms with van der Waals surface area (Å²) in [4.78, 5) is 4.48. The molecule has 1 aliphatic heterocycles. The minimum atomic E-state index is 0.604. The van der Waals surface area contributed by atoms with E-state index in [0.29, 0.717) is 5.92 Å². The van der Waals surface area contributed by atoms with Gasteiger partial charge in [0.25, 0.3) is 0 Å². The molecule has 1 unspecified atom stereocenters. The highest BCUT2D eigenvalue weighted by Gasteiger charge is 2.16. The molecule has 0 radical (unpaired) electrons. The highest BCUT2D eigenvalue weighted by atomic mass is 16.5. The smallest absolute Gasteiger partial charge is 0.113 e. The average Bonchev–Trinajstić information content (AvgIpc) is 2.73. The van der Waals surface area contributed by atoms with E-state index in [0.717, 1.165) is 36.7 Å². The standard InChI is InChI=1S/C13H17N3O/c14-11-3-4-16-12(7-11)8-15-13(16)6-10-2-1-5-17-9-10/h3-4,7-8,10H,1-2,5-6,9,14H2. The van der Waals surface area contributed by atoms with Crippen molar-refractivity contribution in [3.8, 4) is 0 Å². The van der Waals surface area contributed by atoms with Crippen LogP contribution in [0.1, 0.15) is 18.7 Å². The monoisotopic (exact) mass is 231 g/mol. The number of nitrogens with two attached hydrogens (primary N) is 1. The molecule has 0 amide bonds. The normalized spacial score (nSPS) is 20.8. The molecule has 0 aliphatic carbocycles. The van der Waals surface area contributed by atoms with Crippen LogP contribution in [0.25, 0.3) is 5.52 Å². The van der Waals surface area contributed by atoms with Gasteiger partial charge in [-0.15, -0.1) is 0 Å². The Morgan fingerprint density at radius 3 is 3.29 bits per heavy atom. The van der Waals surface area contributed by atoms with Gasteiger partial charge in [0.1, 0.15) is 5.82 Å². The first-order chi connectivity index (χ1) is 8.33. The minimum absolute atomic E-state index is 0.604. The van der Waals surface area contributed by atoms with Crippen molar-refractivity contribution in [2.45, 2.75) is 19.3 Å². The Balaban J connectivity index is 1.84. The first-order valence-corrected chi connectivity index (χ1v) is 6.12. The predicted molar refractivity (Wildman–Crippen MR) is 66.9 cm³/mol. The molecule has 2 aromatic rings. The van der Waals surface area contributed by atoms with Crippen LogP contribution in [-0.2, 0) is 11.2 Å². The average molecular weight is 231 g/mol. The number of fused-ring (bicyclic) bond motifs is 1. The lowest BCUT2D eigenvalue weighted by molar-refractivity contribution is 0.0542. The van der Waals surface area contributed by atoms with Gasteiger partial charge in [-0.2, -0.15) is 0 Å². The van der Waals surface area contributed by atoms with E-state index in [1.54, 1.807) is 0 Å². The second-order valence-corrected chi connectivity index (χ2v) is 4.72. The van der Waals surface area contributed by atoms with Crippen molar-refractivity contribution in [3.05, 3.63) is 30.4 Å². The van der Waals surface area contributed by atoms with Crippen LogP contribution in [0.15, 0.2) is 24.5 Å². The second kappa shape index (κ2) is 4.37. The van der Waals surface area contributed by atoms with Crippen LogP contribution in [0.2, 0.25) is 0 Å². The third-order valence-corrected chi connectivity index (χ3v) is 3.36. The fraction of sp³-hybridized carbons (Fsp3) is 0.462. The van der Waals surface area contributed by atoms with Crippen LogP contribution in [0.3, 0.4) is 0 Å². The lowest BCUT2D eigenvalue weighted by atomic mass is 9.98. The van der Waals surface area contributed by atoms with E-state index >= 15 is 0 Å². The van der Waals surface area contributed by atoms with Crippen molar-refractivity contribution >= 4 is 11.2 Å². The van der Waals surface area contributed by atoms with Crippen molar-refractivity contribution in [3.63, 3.8) is 0 Å². The molecule has 1 atom stereocenters. The highest BCUT2D eigenvalue weighted by Crippen LogP contribution is 2.19. The maximum Gasteiger partial charge on any atom is 0.113 e. The summed E-state index contributed by atoms with van der Waals surface area (Å²) in [6.45, 7) is 1.78. The molecular weight excluding hydrogens is 214 g/mol. The molecule has 0 aromatic carbocycles. The summed E-state index contributed by atoms with van der Waals surface area (Å²) in [5.41, 5.74) is 7.61. The lowest BCUT2D eigenvalue weighted by Crippen LogP contribution is -2.20. The summed E-state index contributed by atoms with van der Waals surface area (Å²) in [5, 5.41) is 0. The Morgan fingerprint density at radius 1 is 1.53 bits per heavy atom. The van der Waals surface area contributed by atoms with Crippen molar-refractivity contribution in [1.82, 2.24) is 9.38 Å². The summed E-state index contributed by atoms with van der Waals surface area (Å²) in [6.07, 6.45) is 7.27. The minimum Gasteiger partial charge on any atom is -0.399 e. The molecule has 0 spiro atoms. The summed E-state index contributed by atoms with van der Waals surface area (Å²) >= 11 is 0. The molecule has 2 aromatic heterocycles. The van der Waals surface area contributed by atoms with Gasteiger partial charge in [0, 0.05) is 31.5 Å². The number of anilines is 1. The molecule has 17 heavy (non-hydrogen) atoms. The molecule has 3 rings (SSSR count). The fourth-order valence-corrected chi connectivity index (χ4v) is 2.45. The number of imidazole rings is 1. The van der Waals surface area contributed by atoms with Gasteiger partial charge in [0.2, 0.25) is 0 Å². The van der Waals surface area contributed by atoms with Gasteiger partial charge in [-0.1, -0.05) is 0 Å². The third kappa shape index (κ3) is 2.13. The van der Waals surface area contributed by atoms with Crippen molar-refractivity contribution in [2.24, 2.45) is 5.92 Å². The topological polar surface area (TPSA) is 52.5 Å². The molecule has 3 heterocycles. The molecule has 0 bridgehead atoms. The Bertz CT molecular complexity index is 514. The first-order valence-electron chi connectivity index (χ1n) is 6.12. The van der Waals surface area contributed by atoms with Gasteiger partial charge in [-0.05, 0) is 30.9 Å². The summed E-state index contributed by atoms with van der Waals surface area (Å²) in [5.74, 6) is 1.71. The second-order valence-electron chi connectivity index (χ2n) is 4.72. The van der Waals surface area contributed by atoms with Crippen LogP contribution >= 0.6 is 0 Å². The maximum absolute atomic E-state index is 5.76. The Morgan fingerprint density at radius 2 is 2.47 bits per heavy atom. The largest absolute Gasteiger partial charge is 0.399 e. The Hall–Kier alpha value is -1.55. The third-order valence-electron chi connectivity index (χ3n) is 3.36. The number of nitrogen functional groups attached to an aromatic ring is 1. The van der Waals surface area contributed by atoms with Gasteiger partial charge in [-0.3, -0.25) is 0 Å². The number of aromatic nitrogens is 2. The van der Waals surface area contributed by atoms with Gasteiger partial charge < -0.3 is 14.9 Å². The molecule has 0 saturated carbocycles. The Labute approximate surface area is 100 Å². The lowest BCUT2D eigenvalue weighted by Gasteiger charge is -2.21. The predicted octanol–water partition coefficient (Wildman–Crippen LogP) is 1.89. The Kier molecular flexibility index (Phi) is 2.73. The first kappa shape index (κ1) is 10.6. The van der Waals surface area contributed by atoms with Crippen LogP contribution in [0.4, 0.5) is 5.69 Å². The summed E-state index contributed by atoms with van der Waals surface area (Å²) in [7, 11) is 0. The zero-order chi connectivity index (χ0) is 11.7. The molecule has 1 saturated heterocycles. The molecule has 1 fully saturated rings. The van der Waals surface area contributed by atoms with Crippen molar-refractivity contribution < 1.29 is 4.74 Å². The van der Waals surface area contributed by atoms with Gasteiger partial charge >= 0.3 is 0 Å². The van der Waals surface area contributed by atoms with Gasteiger partial charge in [-0.25, -0.2) is 4.98 Å². The molecule has 4 nitrogen and oxygen atoms in total. The molecule has 1 aliphatic rings. The van der Waals surface area contributed by atoms with E-state index in [1.165, 1.54) is 12.8 Å². The number of pyridine rings is 1. The van der Waals surface area contributed by atoms with E-state index in [9.17, 15) is 0 Å². The zero-order valence-electron chi connectivity index (χ0n) is 9.80. The van der Waals surface area contributed by atoms with Gasteiger partial charge in [0.15, 0.2) is 0 Å². The number of ether oxygens (including phenoxy) is 1. The number of hydrogen-bond acceptors (Lipinski definition) is 3. The molecule has 4 heteroatoms. The number of hydrogen-bond donors (Lipinski definition) is 1. The van der Waals surface area contributed by atoms with Crippen molar-refractivity contribution in [2.75, 3.05) is 18.9 Å². The SMILES string of the molecule is Nc1ccn2c(CC3CCCOC3)ncc2c1. The fourth-order valence-electron chi connectivity index (χ4n) is 2.45. The van der Waals surface area contributed by atoms with E-state index in [1.807, 2.05) is 24.5 Å². The maximum atomic E-state index is 5.76. The van der Waals surface area contributed by atoms with Gasteiger partial charge in [0.05, 0.1) is 11.7 Å².